The number of pyridine rings is 2. The second-order valence-corrected chi connectivity index (χ2v) is 9.16. The molecule has 1 saturated carbocycles. The molecular weight excluding hydrogens is 368 g/mol. The standard InChI is InChI=1S/C22H26N4OS/c1-14-23-13-22(28-14)19-9-6-16-12-24-17(10-20(16)25-19)11-21(27)15-4-7-18(8-5-15)26(2)3/h6,9-10,12-13,15,18H,4-5,7-8,11H2,1-3H3. The van der Waals surface area contributed by atoms with Gasteiger partial charge in [0.15, 0.2) is 0 Å². The summed E-state index contributed by atoms with van der Waals surface area (Å²) in [6, 6.07) is 6.62. The van der Waals surface area contributed by atoms with E-state index in [1.165, 1.54) is 0 Å². The average molecular weight is 395 g/mol. The van der Waals surface area contributed by atoms with Gasteiger partial charge in [-0.1, -0.05) is 0 Å². The van der Waals surface area contributed by atoms with Crippen molar-refractivity contribution >= 4 is 28.0 Å². The van der Waals surface area contributed by atoms with Crippen LogP contribution in [0.2, 0.25) is 0 Å². The van der Waals surface area contributed by atoms with Crippen molar-refractivity contribution in [2.24, 2.45) is 5.92 Å². The molecule has 0 aliphatic heterocycles. The molecule has 0 saturated heterocycles. The summed E-state index contributed by atoms with van der Waals surface area (Å²) in [6.07, 6.45) is 8.28. The summed E-state index contributed by atoms with van der Waals surface area (Å²) in [4.78, 5) is 29.7. The first-order valence-corrected chi connectivity index (χ1v) is 10.7. The van der Waals surface area contributed by atoms with Crippen molar-refractivity contribution < 1.29 is 4.79 Å². The van der Waals surface area contributed by atoms with Crippen molar-refractivity contribution in [3.63, 3.8) is 0 Å². The molecule has 0 bridgehead atoms. The van der Waals surface area contributed by atoms with E-state index in [1.54, 1.807) is 11.3 Å². The van der Waals surface area contributed by atoms with Crippen molar-refractivity contribution in [3.8, 4) is 10.6 Å². The minimum Gasteiger partial charge on any atom is -0.306 e. The van der Waals surface area contributed by atoms with E-state index in [9.17, 15) is 4.79 Å². The summed E-state index contributed by atoms with van der Waals surface area (Å²) >= 11 is 1.64. The van der Waals surface area contributed by atoms with Crippen LogP contribution in [0.5, 0.6) is 0 Å². The molecule has 0 aromatic carbocycles. The SMILES string of the molecule is Cc1ncc(-c2ccc3cnc(CC(=O)C4CCC(N(C)C)CC4)cc3n2)s1. The monoisotopic (exact) mass is 394 g/mol. The first-order valence-electron chi connectivity index (χ1n) is 9.87. The van der Waals surface area contributed by atoms with Gasteiger partial charge in [-0.25, -0.2) is 9.97 Å². The second-order valence-electron chi connectivity index (χ2n) is 7.92. The Bertz CT molecular complexity index is 989. The van der Waals surface area contributed by atoms with Gasteiger partial charge in [-0.05, 0) is 64.9 Å². The van der Waals surface area contributed by atoms with Crippen LogP contribution >= 0.6 is 11.3 Å². The van der Waals surface area contributed by atoms with Gasteiger partial charge in [-0.2, -0.15) is 0 Å². The third kappa shape index (κ3) is 4.13. The third-order valence-electron chi connectivity index (χ3n) is 5.74. The van der Waals surface area contributed by atoms with Crippen LogP contribution in [-0.4, -0.2) is 45.8 Å². The molecule has 1 aliphatic rings. The van der Waals surface area contributed by atoms with E-state index in [4.69, 9.17) is 4.98 Å². The van der Waals surface area contributed by atoms with E-state index in [-0.39, 0.29) is 5.92 Å². The number of carbonyl (C=O) groups excluding carboxylic acids is 1. The van der Waals surface area contributed by atoms with E-state index in [1.807, 2.05) is 37.5 Å². The van der Waals surface area contributed by atoms with E-state index >= 15 is 0 Å². The molecule has 0 unspecified atom stereocenters. The molecule has 3 aromatic rings. The van der Waals surface area contributed by atoms with Crippen molar-refractivity contribution in [3.05, 3.63) is 41.3 Å². The van der Waals surface area contributed by atoms with E-state index < -0.39 is 0 Å². The number of rotatable bonds is 5. The largest absolute Gasteiger partial charge is 0.306 e. The fourth-order valence-electron chi connectivity index (χ4n) is 4.01. The number of thiazole rings is 1. The predicted octanol–water partition coefficient (Wildman–Crippen LogP) is 4.29. The smallest absolute Gasteiger partial charge is 0.141 e. The Hall–Kier alpha value is -2.18. The van der Waals surface area contributed by atoms with Gasteiger partial charge < -0.3 is 4.90 Å². The second kappa shape index (κ2) is 8.05. The molecule has 5 nitrogen and oxygen atoms in total. The normalized spacial score (nSPS) is 20.0. The van der Waals surface area contributed by atoms with Crippen LogP contribution in [0, 0.1) is 12.8 Å². The molecule has 0 spiro atoms. The quantitative estimate of drug-likeness (QED) is 0.646. The van der Waals surface area contributed by atoms with Gasteiger partial charge in [0.05, 0.1) is 21.1 Å². The average Bonchev–Trinajstić information content (AvgIpc) is 3.14. The number of aromatic nitrogens is 3. The maximum atomic E-state index is 12.8. The van der Waals surface area contributed by atoms with Gasteiger partial charge in [0.25, 0.3) is 0 Å². The van der Waals surface area contributed by atoms with Crippen molar-refractivity contribution in [2.45, 2.75) is 45.1 Å². The first kappa shape index (κ1) is 19.2. The van der Waals surface area contributed by atoms with Crippen molar-refractivity contribution in [1.29, 1.82) is 0 Å². The van der Waals surface area contributed by atoms with Gasteiger partial charge in [-0.15, -0.1) is 11.3 Å². The fourth-order valence-corrected chi connectivity index (χ4v) is 4.76. The maximum Gasteiger partial charge on any atom is 0.141 e. The number of carbonyl (C=O) groups is 1. The highest BCUT2D eigenvalue weighted by Crippen LogP contribution is 2.29. The van der Waals surface area contributed by atoms with Crippen LogP contribution < -0.4 is 0 Å². The molecule has 3 aromatic heterocycles. The van der Waals surface area contributed by atoms with Gasteiger partial charge in [-0.3, -0.25) is 9.78 Å². The van der Waals surface area contributed by atoms with Crippen molar-refractivity contribution in [1.82, 2.24) is 19.9 Å². The van der Waals surface area contributed by atoms with E-state index in [0.717, 1.165) is 57.9 Å². The lowest BCUT2D eigenvalue weighted by Gasteiger charge is -2.31. The van der Waals surface area contributed by atoms with Crippen molar-refractivity contribution in [2.75, 3.05) is 14.1 Å². The Balaban J connectivity index is 1.49. The summed E-state index contributed by atoms with van der Waals surface area (Å²) in [5, 5.41) is 2.02. The Morgan fingerprint density at radius 2 is 1.93 bits per heavy atom. The van der Waals surface area contributed by atoms with Gasteiger partial charge in [0, 0.05) is 41.9 Å². The topological polar surface area (TPSA) is 59.0 Å². The van der Waals surface area contributed by atoms with E-state index in [0.29, 0.717) is 18.2 Å². The lowest BCUT2D eigenvalue weighted by atomic mass is 9.82. The van der Waals surface area contributed by atoms with Crippen LogP contribution in [0.25, 0.3) is 21.5 Å². The summed E-state index contributed by atoms with van der Waals surface area (Å²) < 4.78 is 0. The fraction of sp³-hybridized carbons (Fsp3) is 0.455. The number of aryl methyl sites for hydroxylation is 1. The lowest BCUT2D eigenvalue weighted by molar-refractivity contribution is -0.123. The molecule has 1 aliphatic carbocycles. The van der Waals surface area contributed by atoms with Crippen LogP contribution in [0.15, 0.2) is 30.6 Å². The summed E-state index contributed by atoms with van der Waals surface area (Å²) in [5.74, 6) is 0.492. The molecule has 3 heterocycles. The molecule has 0 N–H and O–H groups in total. The molecule has 1 fully saturated rings. The first-order chi connectivity index (χ1) is 13.5. The van der Waals surface area contributed by atoms with Gasteiger partial charge in [0.1, 0.15) is 5.78 Å². The molecule has 0 amide bonds. The Kier molecular flexibility index (Phi) is 5.51. The molecule has 146 valence electrons. The number of hydrogen-bond donors (Lipinski definition) is 0. The predicted molar refractivity (Wildman–Crippen MR) is 114 cm³/mol. The van der Waals surface area contributed by atoms with E-state index in [2.05, 4.69) is 29.0 Å². The molecule has 28 heavy (non-hydrogen) atoms. The van der Waals surface area contributed by atoms with Gasteiger partial charge in [0.2, 0.25) is 0 Å². The summed E-state index contributed by atoms with van der Waals surface area (Å²) in [7, 11) is 4.25. The highest BCUT2D eigenvalue weighted by molar-refractivity contribution is 7.15. The lowest BCUT2D eigenvalue weighted by Crippen LogP contribution is -2.34. The van der Waals surface area contributed by atoms with Crippen LogP contribution in [0.3, 0.4) is 0 Å². The Morgan fingerprint density at radius 1 is 1.14 bits per heavy atom. The zero-order valence-corrected chi connectivity index (χ0v) is 17.5. The Morgan fingerprint density at radius 3 is 2.61 bits per heavy atom. The maximum absolute atomic E-state index is 12.8. The number of fused-ring (bicyclic) bond motifs is 1. The number of hydrogen-bond acceptors (Lipinski definition) is 6. The summed E-state index contributed by atoms with van der Waals surface area (Å²) in [5.41, 5.74) is 2.62. The minimum absolute atomic E-state index is 0.174. The van der Waals surface area contributed by atoms with Crippen LogP contribution in [0.4, 0.5) is 0 Å². The molecule has 6 heteroatoms. The number of Topliss-reactive ketones (excluding diaryl/α,β-unsaturated/α-hetero) is 1. The number of ketones is 1. The molecular formula is C22H26N4OS. The highest BCUT2D eigenvalue weighted by Gasteiger charge is 2.27. The van der Waals surface area contributed by atoms with Crippen LogP contribution in [-0.2, 0) is 11.2 Å². The zero-order chi connectivity index (χ0) is 19.7. The molecule has 0 radical (unpaired) electrons. The highest BCUT2D eigenvalue weighted by atomic mass is 32.1. The zero-order valence-electron chi connectivity index (χ0n) is 16.7. The third-order valence-corrected chi connectivity index (χ3v) is 6.68. The minimum atomic E-state index is 0.174. The number of nitrogens with zero attached hydrogens (tertiary/aromatic N) is 4. The summed E-state index contributed by atoms with van der Waals surface area (Å²) in [6.45, 7) is 1.99. The molecule has 4 rings (SSSR count). The molecule has 0 atom stereocenters. The van der Waals surface area contributed by atoms with Crippen LogP contribution in [0.1, 0.15) is 36.4 Å². The Labute approximate surface area is 169 Å². The van der Waals surface area contributed by atoms with Gasteiger partial charge >= 0.3 is 0 Å².